The summed E-state index contributed by atoms with van der Waals surface area (Å²) in [4.78, 5) is 0. The van der Waals surface area contributed by atoms with Crippen molar-refractivity contribution < 1.29 is 5.11 Å². The van der Waals surface area contributed by atoms with Gasteiger partial charge in [0.05, 0.1) is 0 Å². The second-order valence-corrected chi connectivity index (χ2v) is 4.88. The highest BCUT2D eigenvalue weighted by atomic mass is 79.9. The van der Waals surface area contributed by atoms with Crippen molar-refractivity contribution in [2.45, 2.75) is 19.9 Å². The smallest absolute Gasteiger partial charge is 0.0468 e. The molecule has 1 aromatic rings. The zero-order valence-electron chi connectivity index (χ0n) is 9.20. The van der Waals surface area contributed by atoms with Crippen molar-refractivity contribution in [1.29, 1.82) is 0 Å². The lowest BCUT2D eigenvalue weighted by Gasteiger charge is -2.16. The molecule has 0 aliphatic heterocycles. The van der Waals surface area contributed by atoms with Gasteiger partial charge in [-0.3, -0.25) is 0 Å². The minimum Gasteiger partial charge on any atom is -0.396 e. The highest BCUT2D eigenvalue weighted by Gasteiger charge is 2.06. The number of halogens is 1. The Morgan fingerprint density at radius 2 is 1.87 bits per heavy atom. The summed E-state index contributed by atoms with van der Waals surface area (Å²) >= 11 is 3.41. The van der Waals surface area contributed by atoms with Gasteiger partial charge in [0.1, 0.15) is 0 Å². The van der Waals surface area contributed by atoms with Gasteiger partial charge in [-0.2, -0.15) is 0 Å². The van der Waals surface area contributed by atoms with Gasteiger partial charge in [0.2, 0.25) is 0 Å². The van der Waals surface area contributed by atoms with Crippen LogP contribution in [-0.4, -0.2) is 18.3 Å². The third-order valence-corrected chi connectivity index (χ3v) is 2.98. The Morgan fingerprint density at radius 3 is 2.40 bits per heavy atom. The lowest BCUT2D eigenvalue weighted by atomic mass is 10.1. The van der Waals surface area contributed by atoms with Crippen LogP contribution in [-0.2, 0) is 0 Å². The first-order valence-corrected chi connectivity index (χ1v) is 6.02. The van der Waals surface area contributed by atoms with Gasteiger partial charge >= 0.3 is 0 Å². The molecule has 2 N–H and O–H groups in total. The predicted octanol–water partition coefficient (Wildman–Crippen LogP) is 2.73. The van der Waals surface area contributed by atoms with Crippen molar-refractivity contribution in [2.75, 3.05) is 13.2 Å². The fourth-order valence-electron chi connectivity index (χ4n) is 1.31. The summed E-state index contributed by atoms with van der Waals surface area (Å²) in [7, 11) is 0. The third-order valence-electron chi connectivity index (χ3n) is 2.45. The van der Waals surface area contributed by atoms with Gasteiger partial charge in [-0.05, 0) is 30.5 Å². The van der Waals surface area contributed by atoms with Crippen LogP contribution in [0.3, 0.4) is 0 Å². The molecule has 0 heterocycles. The second kappa shape index (κ2) is 6.26. The largest absolute Gasteiger partial charge is 0.396 e. The number of benzene rings is 1. The Bertz CT molecular complexity index is 286. The Balaban J connectivity index is 2.46. The van der Waals surface area contributed by atoms with E-state index in [1.54, 1.807) is 0 Å². The van der Waals surface area contributed by atoms with Crippen LogP contribution in [0.5, 0.6) is 0 Å². The fourth-order valence-corrected chi connectivity index (χ4v) is 1.58. The molecule has 1 rings (SSSR count). The molecule has 0 spiro atoms. The van der Waals surface area contributed by atoms with E-state index < -0.39 is 0 Å². The van der Waals surface area contributed by atoms with Crippen LogP contribution in [0.25, 0.3) is 0 Å². The number of hydrogen-bond acceptors (Lipinski definition) is 2. The average molecular weight is 272 g/mol. The third kappa shape index (κ3) is 4.33. The van der Waals surface area contributed by atoms with Crippen LogP contribution >= 0.6 is 15.9 Å². The monoisotopic (exact) mass is 271 g/mol. The molecule has 84 valence electrons. The first kappa shape index (κ1) is 12.7. The van der Waals surface area contributed by atoms with Crippen molar-refractivity contribution in [1.82, 2.24) is 5.32 Å². The second-order valence-electron chi connectivity index (χ2n) is 3.97. The molecule has 1 aromatic carbocycles. The predicted molar refractivity (Wildman–Crippen MR) is 66.8 cm³/mol. The van der Waals surface area contributed by atoms with E-state index in [0.717, 1.165) is 11.0 Å². The summed E-state index contributed by atoms with van der Waals surface area (Å²) in [5.41, 5.74) is 1.27. The summed E-state index contributed by atoms with van der Waals surface area (Å²) in [5, 5.41) is 12.3. The number of rotatable bonds is 5. The molecule has 2 unspecified atom stereocenters. The van der Waals surface area contributed by atoms with Crippen LogP contribution in [0.4, 0.5) is 0 Å². The van der Waals surface area contributed by atoms with Gasteiger partial charge in [0.15, 0.2) is 0 Å². The Hall–Kier alpha value is -0.380. The highest BCUT2D eigenvalue weighted by Crippen LogP contribution is 2.16. The maximum Gasteiger partial charge on any atom is 0.0468 e. The van der Waals surface area contributed by atoms with Crippen LogP contribution < -0.4 is 5.32 Å². The van der Waals surface area contributed by atoms with Gasteiger partial charge < -0.3 is 10.4 Å². The molecule has 15 heavy (non-hydrogen) atoms. The van der Waals surface area contributed by atoms with E-state index >= 15 is 0 Å². The van der Waals surface area contributed by atoms with Crippen LogP contribution in [0.2, 0.25) is 0 Å². The number of aliphatic hydroxyl groups excluding tert-OH is 1. The quantitative estimate of drug-likeness (QED) is 0.863. The van der Waals surface area contributed by atoms with E-state index in [1.807, 2.05) is 19.1 Å². The molecule has 2 atom stereocenters. The zero-order valence-corrected chi connectivity index (χ0v) is 10.8. The molecule has 0 aromatic heterocycles. The summed E-state index contributed by atoms with van der Waals surface area (Å²) in [5.74, 6) is 0.308. The first-order valence-electron chi connectivity index (χ1n) is 5.23. The minimum atomic E-state index is 0.236. The Morgan fingerprint density at radius 1 is 1.27 bits per heavy atom. The van der Waals surface area contributed by atoms with Gasteiger partial charge in [-0.1, -0.05) is 35.0 Å². The topological polar surface area (TPSA) is 32.3 Å². The Kier molecular flexibility index (Phi) is 5.29. The standard InChI is InChI=1S/C12H18BrNO/c1-9(8-15)7-14-10(2)11-3-5-12(13)6-4-11/h3-6,9-10,14-15H,7-8H2,1-2H3. The van der Waals surface area contributed by atoms with Crippen LogP contribution in [0, 0.1) is 5.92 Å². The summed E-state index contributed by atoms with van der Waals surface area (Å²) in [6.07, 6.45) is 0. The molecular weight excluding hydrogens is 254 g/mol. The minimum absolute atomic E-state index is 0.236. The highest BCUT2D eigenvalue weighted by molar-refractivity contribution is 9.10. The van der Waals surface area contributed by atoms with E-state index in [4.69, 9.17) is 5.11 Å². The maximum absolute atomic E-state index is 8.91. The van der Waals surface area contributed by atoms with Gasteiger partial charge in [0, 0.05) is 23.7 Å². The normalized spacial score (nSPS) is 14.9. The van der Waals surface area contributed by atoms with Crippen molar-refractivity contribution in [3.05, 3.63) is 34.3 Å². The molecular formula is C12H18BrNO. The van der Waals surface area contributed by atoms with Gasteiger partial charge in [-0.25, -0.2) is 0 Å². The summed E-state index contributed by atoms with van der Waals surface area (Å²) < 4.78 is 1.10. The molecule has 3 heteroatoms. The first-order chi connectivity index (χ1) is 7.13. The molecule has 0 saturated heterocycles. The van der Waals surface area contributed by atoms with E-state index in [9.17, 15) is 0 Å². The Labute approximate surface area is 99.8 Å². The van der Waals surface area contributed by atoms with E-state index in [-0.39, 0.29) is 6.61 Å². The van der Waals surface area contributed by atoms with Gasteiger partial charge in [0.25, 0.3) is 0 Å². The molecule has 0 radical (unpaired) electrons. The lowest BCUT2D eigenvalue weighted by molar-refractivity contribution is 0.231. The molecule has 0 amide bonds. The number of nitrogens with one attached hydrogen (secondary N) is 1. The van der Waals surface area contributed by atoms with Crippen molar-refractivity contribution >= 4 is 15.9 Å². The van der Waals surface area contributed by atoms with E-state index in [2.05, 4.69) is 40.3 Å². The van der Waals surface area contributed by atoms with Crippen molar-refractivity contribution in [2.24, 2.45) is 5.92 Å². The number of aliphatic hydroxyl groups is 1. The zero-order chi connectivity index (χ0) is 11.3. The van der Waals surface area contributed by atoms with Crippen molar-refractivity contribution in [3.63, 3.8) is 0 Å². The SMILES string of the molecule is CC(CO)CNC(C)c1ccc(Br)cc1. The molecule has 2 nitrogen and oxygen atoms in total. The van der Waals surface area contributed by atoms with Crippen LogP contribution in [0.1, 0.15) is 25.5 Å². The van der Waals surface area contributed by atoms with E-state index in [1.165, 1.54) is 5.56 Å². The summed E-state index contributed by atoms with van der Waals surface area (Å²) in [6.45, 7) is 5.24. The van der Waals surface area contributed by atoms with E-state index in [0.29, 0.717) is 12.0 Å². The molecule has 0 aliphatic rings. The fraction of sp³-hybridized carbons (Fsp3) is 0.500. The lowest BCUT2D eigenvalue weighted by Crippen LogP contribution is -2.26. The molecule has 0 saturated carbocycles. The maximum atomic E-state index is 8.91. The van der Waals surface area contributed by atoms with Crippen LogP contribution in [0.15, 0.2) is 28.7 Å². The van der Waals surface area contributed by atoms with Gasteiger partial charge in [-0.15, -0.1) is 0 Å². The van der Waals surface area contributed by atoms with Crippen molar-refractivity contribution in [3.8, 4) is 0 Å². The molecule has 0 bridgehead atoms. The molecule has 0 fully saturated rings. The number of hydrogen-bond donors (Lipinski definition) is 2. The average Bonchev–Trinajstić information content (AvgIpc) is 2.26. The molecule has 0 aliphatic carbocycles. The summed E-state index contributed by atoms with van der Waals surface area (Å²) in [6, 6.07) is 8.62.